The smallest absolute Gasteiger partial charge is 0.124 e. The summed E-state index contributed by atoms with van der Waals surface area (Å²) in [7, 11) is 0. The number of rotatable bonds is 2. The first-order chi connectivity index (χ1) is 5.59. The third kappa shape index (κ3) is 2.71. The van der Waals surface area contributed by atoms with Crippen LogP contribution in [-0.4, -0.2) is 6.04 Å². The van der Waals surface area contributed by atoms with Gasteiger partial charge in [-0.3, -0.25) is 0 Å². The molecule has 12 heavy (non-hydrogen) atoms. The van der Waals surface area contributed by atoms with Gasteiger partial charge in [0.15, 0.2) is 0 Å². The van der Waals surface area contributed by atoms with Crippen molar-refractivity contribution in [3.05, 3.63) is 33.1 Å². The second-order valence-corrected chi connectivity index (χ2v) is 4.08. The first-order valence-electron chi connectivity index (χ1n) is 3.79. The van der Waals surface area contributed by atoms with Crippen molar-refractivity contribution in [2.24, 2.45) is 5.73 Å². The molecule has 1 atom stereocenters. The fourth-order valence-electron chi connectivity index (χ4n) is 1.03. The average molecular weight is 279 g/mol. The third-order valence-electron chi connectivity index (χ3n) is 1.56. The maximum Gasteiger partial charge on any atom is 0.124 e. The molecule has 2 N–H and O–H groups in total. The van der Waals surface area contributed by atoms with Crippen molar-refractivity contribution in [2.45, 2.75) is 19.4 Å². The lowest BCUT2D eigenvalue weighted by atomic mass is 10.1. The maximum atomic E-state index is 12.6. The minimum absolute atomic E-state index is 0.129. The number of halogens is 2. The van der Waals surface area contributed by atoms with Crippen LogP contribution in [0.1, 0.15) is 12.5 Å². The SMILES string of the molecule is CC(N)Cc1ccc(F)cc1I. The van der Waals surface area contributed by atoms with Gasteiger partial charge in [0.05, 0.1) is 0 Å². The highest BCUT2D eigenvalue weighted by Gasteiger charge is 2.03. The van der Waals surface area contributed by atoms with E-state index < -0.39 is 0 Å². The average Bonchev–Trinajstić information content (AvgIpc) is 1.94. The van der Waals surface area contributed by atoms with Gasteiger partial charge >= 0.3 is 0 Å². The van der Waals surface area contributed by atoms with E-state index in [9.17, 15) is 4.39 Å². The van der Waals surface area contributed by atoms with Crippen molar-refractivity contribution in [1.29, 1.82) is 0 Å². The zero-order chi connectivity index (χ0) is 9.14. The predicted molar refractivity (Wildman–Crippen MR) is 56.5 cm³/mol. The van der Waals surface area contributed by atoms with E-state index in [2.05, 4.69) is 22.6 Å². The van der Waals surface area contributed by atoms with Crippen LogP contribution in [0.15, 0.2) is 18.2 Å². The summed E-state index contributed by atoms with van der Waals surface area (Å²) in [6.45, 7) is 1.94. The van der Waals surface area contributed by atoms with Crippen LogP contribution in [0.25, 0.3) is 0 Å². The van der Waals surface area contributed by atoms with E-state index in [1.54, 1.807) is 6.07 Å². The van der Waals surface area contributed by atoms with Crippen LogP contribution in [-0.2, 0) is 6.42 Å². The third-order valence-corrected chi connectivity index (χ3v) is 2.56. The molecule has 0 spiro atoms. The van der Waals surface area contributed by atoms with Crippen LogP contribution >= 0.6 is 22.6 Å². The van der Waals surface area contributed by atoms with Crippen molar-refractivity contribution < 1.29 is 4.39 Å². The fourth-order valence-corrected chi connectivity index (χ4v) is 1.73. The second kappa shape index (κ2) is 4.18. The summed E-state index contributed by atoms with van der Waals surface area (Å²) in [4.78, 5) is 0. The molecule has 0 heterocycles. The van der Waals surface area contributed by atoms with E-state index in [0.29, 0.717) is 0 Å². The zero-order valence-corrected chi connectivity index (χ0v) is 9.01. The Kier molecular flexibility index (Phi) is 3.46. The number of hydrogen-bond donors (Lipinski definition) is 1. The van der Waals surface area contributed by atoms with Gasteiger partial charge in [0.1, 0.15) is 5.82 Å². The van der Waals surface area contributed by atoms with Gasteiger partial charge in [-0.15, -0.1) is 0 Å². The Morgan fingerprint density at radius 3 is 2.75 bits per heavy atom. The lowest BCUT2D eigenvalue weighted by Gasteiger charge is -2.06. The summed E-state index contributed by atoms with van der Waals surface area (Å²) in [5.41, 5.74) is 6.75. The van der Waals surface area contributed by atoms with Crippen LogP contribution in [0.4, 0.5) is 4.39 Å². The first kappa shape index (κ1) is 9.92. The van der Waals surface area contributed by atoms with Gasteiger partial charge in [-0.2, -0.15) is 0 Å². The topological polar surface area (TPSA) is 26.0 Å². The summed E-state index contributed by atoms with van der Waals surface area (Å²) in [5.74, 6) is -0.187. The highest BCUT2D eigenvalue weighted by molar-refractivity contribution is 14.1. The molecule has 66 valence electrons. The molecule has 1 aromatic rings. The zero-order valence-electron chi connectivity index (χ0n) is 6.85. The molecule has 0 aromatic heterocycles. The van der Waals surface area contributed by atoms with E-state index >= 15 is 0 Å². The molecule has 3 heteroatoms. The lowest BCUT2D eigenvalue weighted by Crippen LogP contribution is -2.18. The molecule has 0 amide bonds. The van der Waals surface area contributed by atoms with Crippen LogP contribution in [0.3, 0.4) is 0 Å². The number of hydrogen-bond acceptors (Lipinski definition) is 1. The summed E-state index contributed by atoms with van der Waals surface area (Å²) >= 11 is 2.12. The molecule has 0 aliphatic rings. The largest absolute Gasteiger partial charge is 0.328 e. The lowest BCUT2D eigenvalue weighted by molar-refractivity contribution is 0.624. The van der Waals surface area contributed by atoms with Crippen LogP contribution < -0.4 is 5.73 Å². The Morgan fingerprint density at radius 1 is 1.58 bits per heavy atom. The van der Waals surface area contributed by atoms with E-state index in [1.807, 2.05) is 6.92 Å². The van der Waals surface area contributed by atoms with Crippen molar-refractivity contribution >= 4 is 22.6 Å². The molecule has 0 radical (unpaired) electrons. The highest BCUT2D eigenvalue weighted by Crippen LogP contribution is 2.14. The Labute approximate surface area is 85.3 Å². The van der Waals surface area contributed by atoms with Crippen LogP contribution in [0, 0.1) is 9.39 Å². The van der Waals surface area contributed by atoms with Crippen molar-refractivity contribution in [2.75, 3.05) is 0 Å². The molecule has 1 rings (SSSR count). The Bertz CT molecular complexity index is 273. The van der Waals surface area contributed by atoms with Gasteiger partial charge in [-0.25, -0.2) is 4.39 Å². The second-order valence-electron chi connectivity index (χ2n) is 2.92. The summed E-state index contributed by atoms with van der Waals surface area (Å²) in [6, 6.07) is 4.92. The summed E-state index contributed by atoms with van der Waals surface area (Å²) in [6.07, 6.45) is 0.804. The van der Waals surface area contributed by atoms with E-state index in [-0.39, 0.29) is 11.9 Å². The van der Waals surface area contributed by atoms with Crippen molar-refractivity contribution in [3.8, 4) is 0 Å². The molecule has 0 bridgehead atoms. The highest BCUT2D eigenvalue weighted by atomic mass is 127. The molecular weight excluding hydrogens is 268 g/mol. The van der Waals surface area contributed by atoms with Crippen LogP contribution in [0.5, 0.6) is 0 Å². The quantitative estimate of drug-likeness (QED) is 0.826. The van der Waals surface area contributed by atoms with Crippen molar-refractivity contribution in [1.82, 2.24) is 0 Å². The Balaban J connectivity index is 2.86. The minimum atomic E-state index is -0.187. The molecular formula is C9H11FIN. The standard InChI is InChI=1S/C9H11FIN/c1-6(12)4-7-2-3-8(10)5-9(7)11/h2-3,5-6H,4,12H2,1H3. The molecule has 0 saturated heterocycles. The van der Waals surface area contributed by atoms with Gasteiger partial charge in [0, 0.05) is 9.61 Å². The normalized spacial score (nSPS) is 13.0. The van der Waals surface area contributed by atoms with E-state index in [4.69, 9.17) is 5.73 Å². The number of nitrogens with two attached hydrogens (primary N) is 1. The molecule has 0 fully saturated rings. The summed E-state index contributed by atoms with van der Waals surface area (Å²) < 4.78 is 13.6. The van der Waals surface area contributed by atoms with Crippen molar-refractivity contribution in [3.63, 3.8) is 0 Å². The molecule has 0 aliphatic heterocycles. The molecule has 1 unspecified atom stereocenters. The Morgan fingerprint density at radius 2 is 2.25 bits per heavy atom. The van der Waals surface area contributed by atoms with Crippen LogP contribution in [0.2, 0.25) is 0 Å². The minimum Gasteiger partial charge on any atom is -0.328 e. The maximum absolute atomic E-state index is 12.6. The van der Waals surface area contributed by atoms with Gasteiger partial charge in [0.25, 0.3) is 0 Å². The Hall–Kier alpha value is -0.160. The monoisotopic (exact) mass is 279 g/mol. The molecule has 1 aromatic carbocycles. The molecule has 1 nitrogen and oxygen atoms in total. The van der Waals surface area contributed by atoms with Gasteiger partial charge in [-0.1, -0.05) is 6.07 Å². The van der Waals surface area contributed by atoms with Gasteiger partial charge in [-0.05, 0) is 53.6 Å². The van der Waals surface area contributed by atoms with E-state index in [0.717, 1.165) is 15.6 Å². The molecule has 0 saturated carbocycles. The predicted octanol–water partition coefficient (Wildman–Crippen LogP) is 2.32. The van der Waals surface area contributed by atoms with E-state index in [1.165, 1.54) is 12.1 Å². The number of benzene rings is 1. The molecule has 0 aliphatic carbocycles. The first-order valence-corrected chi connectivity index (χ1v) is 4.87. The van der Waals surface area contributed by atoms with Gasteiger partial charge < -0.3 is 5.73 Å². The van der Waals surface area contributed by atoms with Gasteiger partial charge in [0.2, 0.25) is 0 Å². The fraction of sp³-hybridized carbons (Fsp3) is 0.333. The summed E-state index contributed by atoms with van der Waals surface area (Å²) in [5, 5.41) is 0.